The van der Waals surface area contributed by atoms with Crippen molar-refractivity contribution in [3.63, 3.8) is 0 Å². The summed E-state index contributed by atoms with van der Waals surface area (Å²) in [7, 11) is 0. The molecule has 8 nitrogen and oxygen atoms in total. The van der Waals surface area contributed by atoms with E-state index in [2.05, 4.69) is 63.5 Å². The highest BCUT2D eigenvalue weighted by Crippen LogP contribution is 2.29. The van der Waals surface area contributed by atoms with Gasteiger partial charge in [0.05, 0.1) is 6.54 Å². The van der Waals surface area contributed by atoms with E-state index in [4.69, 9.17) is 0 Å². The fraction of sp³-hybridized carbons (Fsp3) is 0.320. The van der Waals surface area contributed by atoms with Crippen LogP contribution < -0.4 is 5.69 Å². The molecule has 1 N–H and O–H groups in total. The highest BCUT2D eigenvalue weighted by Gasteiger charge is 2.14. The van der Waals surface area contributed by atoms with Crippen molar-refractivity contribution < 1.29 is 0 Å². The first-order valence-electron chi connectivity index (χ1n) is 11.4. The van der Waals surface area contributed by atoms with E-state index in [0.29, 0.717) is 25.3 Å². The van der Waals surface area contributed by atoms with Gasteiger partial charge < -0.3 is 0 Å². The number of benzene rings is 2. The minimum Gasteiger partial charge on any atom is -0.274 e. The first-order chi connectivity index (χ1) is 16.2. The number of hydrogen-bond acceptors (Lipinski definition) is 5. The number of aromatic nitrogens is 7. The minimum absolute atomic E-state index is 0.0447. The maximum Gasteiger partial charge on any atom is 0.346 e. The van der Waals surface area contributed by atoms with Crippen molar-refractivity contribution in [2.24, 2.45) is 0 Å². The Bertz CT molecular complexity index is 1240. The maximum atomic E-state index is 13.0. The van der Waals surface area contributed by atoms with Crippen LogP contribution in [0, 0.1) is 0 Å². The van der Waals surface area contributed by atoms with E-state index >= 15 is 0 Å². The SMILES string of the molecule is C=CCCc1nn(CCCCC)c(=O)n1Cc1ccc(-c2ccccc2-c2nn[nH]n2)cc1. The summed E-state index contributed by atoms with van der Waals surface area (Å²) in [6, 6.07) is 16.2. The second kappa shape index (κ2) is 10.7. The molecule has 4 aromatic rings. The maximum absolute atomic E-state index is 13.0. The number of nitrogens with zero attached hydrogens (tertiary/aromatic N) is 6. The molecule has 33 heavy (non-hydrogen) atoms. The number of hydrogen-bond donors (Lipinski definition) is 1. The number of aromatic amines is 1. The van der Waals surface area contributed by atoms with Gasteiger partial charge >= 0.3 is 5.69 Å². The summed E-state index contributed by atoms with van der Waals surface area (Å²) < 4.78 is 3.40. The number of allylic oxidation sites excluding steroid dienone is 1. The molecule has 0 atom stereocenters. The Morgan fingerprint density at radius 2 is 1.85 bits per heavy atom. The van der Waals surface area contributed by atoms with Gasteiger partial charge in [-0.3, -0.25) is 4.57 Å². The Morgan fingerprint density at radius 1 is 1.06 bits per heavy atom. The van der Waals surface area contributed by atoms with Crippen molar-refractivity contribution in [3.8, 4) is 22.5 Å². The van der Waals surface area contributed by atoms with Crippen molar-refractivity contribution in [1.82, 2.24) is 35.0 Å². The molecule has 170 valence electrons. The van der Waals surface area contributed by atoms with Crippen molar-refractivity contribution >= 4 is 0 Å². The number of nitrogens with one attached hydrogen (secondary N) is 1. The molecule has 0 amide bonds. The highest BCUT2D eigenvalue weighted by atomic mass is 16.2. The van der Waals surface area contributed by atoms with E-state index in [1.54, 1.807) is 9.25 Å². The average Bonchev–Trinajstić information content (AvgIpc) is 3.48. The second-order valence-electron chi connectivity index (χ2n) is 8.02. The summed E-state index contributed by atoms with van der Waals surface area (Å²) in [6.45, 7) is 7.11. The van der Waals surface area contributed by atoms with Gasteiger partial charge in [-0.25, -0.2) is 9.48 Å². The Kier molecular flexibility index (Phi) is 7.24. The van der Waals surface area contributed by atoms with E-state index in [-0.39, 0.29) is 5.69 Å². The lowest BCUT2D eigenvalue weighted by Gasteiger charge is -2.09. The van der Waals surface area contributed by atoms with E-state index in [1.165, 1.54) is 0 Å². The van der Waals surface area contributed by atoms with Gasteiger partial charge in [0.2, 0.25) is 5.82 Å². The van der Waals surface area contributed by atoms with Crippen molar-refractivity contribution in [3.05, 3.63) is 83.1 Å². The molecular weight excluding hydrogens is 414 g/mol. The molecule has 0 saturated heterocycles. The normalized spacial score (nSPS) is 11.1. The van der Waals surface area contributed by atoms with Crippen LogP contribution in [-0.4, -0.2) is 35.0 Å². The third-order valence-electron chi connectivity index (χ3n) is 5.66. The topological polar surface area (TPSA) is 94.3 Å². The molecule has 2 aromatic carbocycles. The molecule has 0 aliphatic heterocycles. The van der Waals surface area contributed by atoms with Crippen LogP contribution in [0.1, 0.15) is 44.0 Å². The predicted octanol–water partition coefficient (Wildman–Crippen LogP) is 4.25. The van der Waals surface area contributed by atoms with E-state index in [0.717, 1.165) is 53.8 Å². The highest BCUT2D eigenvalue weighted by molar-refractivity contribution is 5.80. The first-order valence-corrected chi connectivity index (χ1v) is 11.4. The van der Waals surface area contributed by atoms with Gasteiger partial charge in [-0.1, -0.05) is 74.4 Å². The predicted molar refractivity (Wildman–Crippen MR) is 129 cm³/mol. The lowest BCUT2D eigenvalue weighted by molar-refractivity contribution is 0.530. The van der Waals surface area contributed by atoms with Crippen LogP contribution in [0.3, 0.4) is 0 Å². The van der Waals surface area contributed by atoms with E-state index < -0.39 is 0 Å². The van der Waals surface area contributed by atoms with Gasteiger partial charge in [0.15, 0.2) is 0 Å². The minimum atomic E-state index is -0.0447. The van der Waals surface area contributed by atoms with Gasteiger partial charge in [-0.05, 0) is 34.7 Å². The van der Waals surface area contributed by atoms with E-state index in [1.807, 2.05) is 30.3 Å². The molecule has 8 heteroatoms. The first kappa shape index (κ1) is 22.4. The fourth-order valence-corrected chi connectivity index (χ4v) is 3.90. The molecule has 2 aromatic heterocycles. The van der Waals surface area contributed by atoms with Gasteiger partial charge in [0.25, 0.3) is 0 Å². The smallest absolute Gasteiger partial charge is 0.274 e. The summed E-state index contributed by atoms with van der Waals surface area (Å²) >= 11 is 0. The van der Waals surface area contributed by atoms with Crippen LogP contribution in [0.4, 0.5) is 0 Å². The zero-order chi connectivity index (χ0) is 23.0. The molecule has 0 unspecified atom stereocenters. The largest absolute Gasteiger partial charge is 0.346 e. The van der Waals surface area contributed by atoms with Gasteiger partial charge in [-0.15, -0.1) is 16.8 Å². The monoisotopic (exact) mass is 443 g/mol. The Morgan fingerprint density at radius 3 is 2.55 bits per heavy atom. The average molecular weight is 444 g/mol. The Balaban J connectivity index is 1.59. The molecule has 0 fully saturated rings. The van der Waals surface area contributed by atoms with Crippen LogP contribution in [-0.2, 0) is 19.5 Å². The third-order valence-corrected chi connectivity index (χ3v) is 5.66. The molecular formula is C25H29N7O. The van der Waals surface area contributed by atoms with Crippen LogP contribution in [0.15, 0.2) is 66.0 Å². The number of H-pyrrole nitrogens is 1. The summed E-state index contributed by atoms with van der Waals surface area (Å²) in [5, 5.41) is 19.0. The molecule has 0 saturated carbocycles. The zero-order valence-electron chi connectivity index (χ0n) is 18.9. The van der Waals surface area contributed by atoms with Crippen molar-refractivity contribution in [1.29, 1.82) is 0 Å². The van der Waals surface area contributed by atoms with Gasteiger partial charge in [-0.2, -0.15) is 10.3 Å². The van der Waals surface area contributed by atoms with Crippen LogP contribution in [0.5, 0.6) is 0 Å². The molecule has 0 aliphatic rings. The number of tetrazole rings is 1. The van der Waals surface area contributed by atoms with Crippen molar-refractivity contribution in [2.75, 3.05) is 0 Å². The molecule has 0 bridgehead atoms. The molecule has 0 spiro atoms. The molecule has 0 aliphatic carbocycles. The number of unbranched alkanes of at least 4 members (excludes halogenated alkanes) is 2. The van der Waals surface area contributed by atoms with Crippen LogP contribution >= 0.6 is 0 Å². The van der Waals surface area contributed by atoms with Gasteiger partial charge in [0, 0.05) is 18.5 Å². The second-order valence-corrected chi connectivity index (χ2v) is 8.02. The van der Waals surface area contributed by atoms with Crippen molar-refractivity contribution in [2.45, 2.75) is 52.1 Å². The third kappa shape index (κ3) is 5.16. The Hall–Kier alpha value is -3.81. The molecule has 0 radical (unpaired) electrons. The lowest BCUT2D eigenvalue weighted by atomic mass is 9.98. The number of rotatable bonds is 11. The number of aryl methyl sites for hydroxylation is 2. The van der Waals surface area contributed by atoms with E-state index in [9.17, 15) is 4.79 Å². The summed E-state index contributed by atoms with van der Waals surface area (Å²) in [5.41, 5.74) is 3.99. The Labute approximate surface area is 193 Å². The van der Waals surface area contributed by atoms with Crippen LogP contribution in [0.25, 0.3) is 22.5 Å². The van der Waals surface area contributed by atoms with Gasteiger partial charge in [0.1, 0.15) is 5.82 Å². The fourth-order valence-electron chi connectivity index (χ4n) is 3.90. The molecule has 4 rings (SSSR count). The standard InChI is InChI=1S/C25H29N7O/c1-3-5-9-17-32-25(33)31(23(28-32)12-6-4-2)18-19-13-15-20(16-14-19)21-10-7-8-11-22(21)24-26-29-30-27-24/h4,7-8,10-11,13-16H,2-3,5-6,9,12,17-18H2,1H3,(H,26,27,29,30). The quantitative estimate of drug-likeness (QED) is 0.276. The molecule has 2 heterocycles. The summed E-state index contributed by atoms with van der Waals surface area (Å²) in [5.74, 6) is 1.37. The lowest BCUT2D eigenvalue weighted by Crippen LogP contribution is -2.26. The zero-order valence-corrected chi connectivity index (χ0v) is 18.9. The summed E-state index contributed by atoms with van der Waals surface area (Å²) in [4.78, 5) is 13.0. The summed E-state index contributed by atoms with van der Waals surface area (Å²) in [6.07, 6.45) is 6.52. The van der Waals surface area contributed by atoms with Crippen LogP contribution in [0.2, 0.25) is 0 Å².